The van der Waals surface area contributed by atoms with Crippen molar-refractivity contribution in [2.45, 2.75) is 124 Å². The number of aliphatic hydroxyl groups excluding tert-OH is 1. The lowest BCUT2D eigenvalue weighted by Crippen LogP contribution is -2.63. The summed E-state index contributed by atoms with van der Waals surface area (Å²) in [5.74, 6) is -3.37. The van der Waals surface area contributed by atoms with Crippen LogP contribution in [0.1, 0.15) is 106 Å². The minimum atomic E-state index is -1.45. The zero-order valence-electron chi connectivity index (χ0n) is 26.7. The van der Waals surface area contributed by atoms with E-state index in [0.717, 1.165) is 19.3 Å². The van der Waals surface area contributed by atoms with E-state index in [2.05, 4.69) is 6.92 Å². The van der Waals surface area contributed by atoms with E-state index in [-0.39, 0.29) is 30.7 Å². The van der Waals surface area contributed by atoms with Gasteiger partial charge in [0.25, 0.3) is 0 Å². The van der Waals surface area contributed by atoms with Gasteiger partial charge in [-0.15, -0.1) is 0 Å². The van der Waals surface area contributed by atoms with Gasteiger partial charge < -0.3 is 19.7 Å². The second-order valence-corrected chi connectivity index (χ2v) is 13.9. The van der Waals surface area contributed by atoms with E-state index in [0.29, 0.717) is 23.1 Å². The number of carbonyl (C=O) groups excluding carboxylic acids is 3. The minimum Gasteiger partial charge on any atom is -0.454 e. The molecule has 0 bridgehead atoms. The highest BCUT2D eigenvalue weighted by atomic mass is 16.6. The first-order valence-corrected chi connectivity index (χ1v) is 16.1. The molecular formula is C35H52O7. The van der Waals surface area contributed by atoms with Crippen LogP contribution in [-0.2, 0) is 23.9 Å². The number of allylic oxidation sites excluding steroid dienone is 2. The largest absolute Gasteiger partial charge is 0.454 e. The van der Waals surface area contributed by atoms with Crippen molar-refractivity contribution in [2.24, 2.45) is 35.0 Å². The maximum atomic E-state index is 13.4. The SMILES string of the molecule is C/C=C(\C)C(=O)O[C@@H]1[C@@H](C)[C@]2(O)[C@@H]3C=C(C)C(=O)[C@H]3CC(CO)=C[C@H]2[C@@H]2C(C)(C)[C@]12OC(=O)CCCCCCCCC. The predicted octanol–water partition coefficient (Wildman–Crippen LogP) is 6.02. The van der Waals surface area contributed by atoms with Gasteiger partial charge in [-0.3, -0.25) is 9.59 Å². The highest BCUT2D eigenvalue weighted by Gasteiger charge is 2.87. The molecule has 4 rings (SSSR count). The number of ether oxygens (including phenoxy) is 2. The Balaban J connectivity index is 1.70. The predicted molar refractivity (Wildman–Crippen MR) is 161 cm³/mol. The Morgan fingerprint density at radius 3 is 2.33 bits per heavy atom. The number of fused-ring (bicyclic) bond motifs is 5. The van der Waals surface area contributed by atoms with Crippen molar-refractivity contribution in [1.29, 1.82) is 0 Å². The molecule has 42 heavy (non-hydrogen) atoms. The molecule has 0 radical (unpaired) electrons. The summed E-state index contributed by atoms with van der Waals surface area (Å²) in [5.41, 5.74) is -1.46. The van der Waals surface area contributed by atoms with Crippen LogP contribution in [0.3, 0.4) is 0 Å². The summed E-state index contributed by atoms with van der Waals surface area (Å²) in [6.07, 6.45) is 12.8. The lowest BCUT2D eigenvalue weighted by atomic mass is 9.59. The Bertz CT molecular complexity index is 1160. The molecular weight excluding hydrogens is 532 g/mol. The van der Waals surface area contributed by atoms with Crippen LogP contribution in [0.5, 0.6) is 0 Å². The summed E-state index contributed by atoms with van der Waals surface area (Å²) in [6.45, 7) is 13.1. The van der Waals surface area contributed by atoms with E-state index >= 15 is 0 Å². The van der Waals surface area contributed by atoms with E-state index in [1.54, 1.807) is 26.8 Å². The molecule has 2 fully saturated rings. The van der Waals surface area contributed by atoms with Crippen molar-refractivity contribution in [2.75, 3.05) is 6.61 Å². The number of Topliss-reactive ketones (excluding diaryl/α,β-unsaturated/α-hetero) is 1. The molecule has 2 N–H and O–H groups in total. The highest BCUT2D eigenvalue weighted by molar-refractivity contribution is 6.00. The van der Waals surface area contributed by atoms with Gasteiger partial charge in [0.05, 0.1) is 12.2 Å². The summed E-state index contributed by atoms with van der Waals surface area (Å²) < 4.78 is 12.7. The molecule has 0 spiro atoms. The van der Waals surface area contributed by atoms with Crippen molar-refractivity contribution in [3.8, 4) is 0 Å². The van der Waals surface area contributed by atoms with Crippen LogP contribution in [-0.4, -0.2) is 51.8 Å². The van der Waals surface area contributed by atoms with Crippen molar-refractivity contribution < 1.29 is 34.1 Å². The lowest BCUT2D eigenvalue weighted by molar-refractivity contribution is -0.219. The van der Waals surface area contributed by atoms with Crippen molar-refractivity contribution in [3.05, 3.63) is 34.9 Å². The first-order chi connectivity index (χ1) is 19.8. The van der Waals surface area contributed by atoms with Gasteiger partial charge in [0, 0.05) is 47.0 Å². The van der Waals surface area contributed by atoms with Crippen molar-refractivity contribution in [1.82, 2.24) is 0 Å². The molecule has 0 amide bonds. The molecule has 7 heteroatoms. The van der Waals surface area contributed by atoms with E-state index in [4.69, 9.17) is 9.47 Å². The standard InChI is InChI=1S/C35H52O7/c1-8-10-11-12-13-14-15-16-28(37)42-35-30(33(35,6)7)27-19-24(20-36)18-25-26(17-22(4)29(25)38)34(27,40)23(5)31(35)41-32(39)21(3)9-2/h9,17,19,23,25-27,30-31,36,40H,8,10-16,18,20H2,1-7H3/b21-9+/t23-,25+,26-,27+,30-,31-,34+,35-/m1/s1. The summed E-state index contributed by atoms with van der Waals surface area (Å²) in [6, 6.07) is 0. The number of esters is 2. The van der Waals surface area contributed by atoms with Gasteiger partial charge in [0.15, 0.2) is 11.4 Å². The fourth-order valence-electron chi connectivity index (χ4n) is 8.55. The van der Waals surface area contributed by atoms with Crippen LogP contribution in [0.2, 0.25) is 0 Å². The number of ketones is 1. The summed E-state index contributed by atoms with van der Waals surface area (Å²) in [4.78, 5) is 39.9. The number of rotatable bonds is 12. The molecule has 8 atom stereocenters. The molecule has 0 saturated heterocycles. The average molecular weight is 585 g/mol. The Morgan fingerprint density at radius 2 is 1.71 bits per heavy atom. The normalized spacial score (nSPS) is 36.6. The zero-order chi connectivity index (χ0) is 31.0. The van der Waals surface area contributed by atoms with E-state index in [9.17, 15) is 24.6 Å². The highest BCUT2D eigenvalue weighted by Crippen LogP contribution is 2.77. The van der Waals surface area contributed by atoms with Gasteiger partial charge in [-0.2, -0.15) is 0 Å². The smallest absolute Gasteiger partial charge is 0.333 e. The monoisotopic (exact) mass is 584 g/mol. The molecule has 0 heterocycles. The molecule has 0 aromatic carbocycles. The molecule has 0 unspecified atom stereocenters. The quantitative estimate of drug-likeness (QED) is 0.125. The number of hydrogen-bond acceptors (Lipinski definition) is 7. The fraction of sp³-hybridized carbons (Fsp3) is 0.743. The van der Waals surface area contributed by atoms with Gasteiger partial charge in [0.1, 0.15) is 6.10 Å². The van der Waals surface area contributed by atoms with Crippen molar-refractivity contribution >= 4 is 17.7 Å². The zero-order valence-corrected chi connectivity index (χ0v) is 26.7. The molecule has 0 aromatic rings. The third kappa shape index (κ3) is 5.23. The van der Waals surface area contributed by atoms with Crippen molar-refractivity contribution in [3.63, 3.8) is 0 Å². The van der Waals surface area contributed by atoms with Gasteiger partial charge in [-0.05, 0) is 44.8 Å². The van der Waals surface area contributed by atoms with Gasteiger partial charge in [-0.25, -0.2) is 4.79 Å². The minimum absolute atomic E-state index is 0.0213. The first kappa shape index (κ1) is 32.7. The average Bonchev–Trinajstić information content (AvgIpc) is 3.35. The maximum Gasteiger partial charge on any atom is 0.333 e. The van der Waals surface area contributed by atoms with Crippen LogP contribution in [0.25, 0.3) is 0 Å². The first-order valence-electron chi connectivity index (χ1n) is 16.1. The summed E-state index contributed by atoms with van der Waals surface area (Å²) in [7, 11) is 0. The number of unbranched alkanes of at least 4 members (excludes halogenated alkanes) is 6. The number of hydrogen-bond donors (Lipinski definition) is 2. The van der Waals surface area contributed by atoms with Crippen LogP contribution < -0.4 is 0 Å². The van der Waals surface area contributed by atoms with Crippen LogP contribution in [0, 0.1) is 35.0 Å². The Morgan fingerprint density at radius 1 is 1.07 bits per heavy atom. The lowest BCUT2D eigenvalue weighted by Gasteiger charge is -2.52. The van der Waals surface area contributed by atoms with E-state index in [1.807, 2.05) is 32.9 Å². The Labute approximate surface area is 251 Å². The maximum absolute atomic E-state index is 13.4. The summed E-state index contributed by atoms with van der Waals surface area (Å²) >= 11 is 0. The third-order valence-corrected chi connectivity index (χ3v) is 11.1. The second-order valence-electron chi connectivity index (χ2n) is 13.9. The van der Waals surface area contributed by atoms with Crippen LogP contribution >= 0.6 is 0 Å². The molecule has 0 aromatic heterocycles. The molecule has 4 aliphatic rings. The third-order valence-electron chi connectivity index (χ3n) is 11.1. The fourth-order valence-corrected chi connectivity index (χ4v) is 8.55. The molecule has 7 nitrogen and oxygen atoms in total. The van der Waals surface area contributed by atoms with Gasteiger partial charge in [0.2, 0.25) is 0 Å². The van der Waals surface area contributed by atoms with E-state index < -0.39 is 52.4 Å². The molecule has 234 valence electrons. The van der Waals surface area contributed by atoms with E-state index in [1.165, 1.54) is 25.7 Å². The Hall–Kier alpha value is -2.25. The van der Waals surface area contributed by atoms with Gasteiger partial charge >= 0.3 is 11.9 Å². The summed E-state index contributed by atoms with van der Waals surface area (Å²) in [5, 5.41) is 23.1. The topological polar surface area (TPSA) is 110 Å². The molecule has 0 aliphatic heterocycles. The van der Waals surface area contributed by atoms with Gasteiger partial charge in [-0.1, -0.05) is 84.4 Å². The Kier molecular flexibility index (Phi) is 9.64. The second kappa shape index (κ2) is 12.4. The van der Waals surface area contributed by atoms with Crippen LogP contribution in [0.15, 0.2) is 34.9 Å². The number of carbonyl (C=O) groups is 3. The molecule has 4 aliphatic carbocycles. The number of aliphatic hydroxyl groups is 2. The van der Waals surface area contributed by atoms with Crippen LogP contribution in [0.4, 0.5) is 0 Å². The molecule has 2 saturated carbocycles.